The molecule has 1 heteroatoms. The molecule has 0 aliphatic heterocycles. The summed E-state index contributed by atoms with van der Waals surface area (Å²) >= 11 is 0. The molecule has 82 valence electrons. The predicted molar refractivity (Wildman–Crippen MR) is 60.2 cm³/mol. The first-order valence-corrected chi connectivity index (χ1v) is 5.85. The Kier molecular flexibility index (Phi) is 3.08. The molecule has 0 radical (unpaired) electrons. The van der Waals surface area contributed by atoms with Crippen molar-refractivity contribution in [2.24, 2.45) is 16.7 Å². The number of hydrogen-bond acceptors (Lipinski definition) is 1. The van der Waals surface area contributed by atoms with Gasteiger partial charge >= 0.3 is 0 Å². The Morgan fingerprint density at radius 3 is 2.36 bits per heavy atom. The average Bonchev–Trinajstić information content (AvgIpc) is 2.00. The van der Waals surface area contributed by atoms with Gasteiger partial charge in [0.1, 0.15) is 5.78 Å². The summed E-state index contributed by atoms with van der Waals surface area (Å²) in [4.78, 5) is 12.1. The molecule has 1 fully saturated rings. The van der Waals surface area contributed by atoms with E-state index in [9.17, 15) is 4.79 Å². The fourth-order valence-corrected chi connectivity index (χ4v) is 2.94. The first-order chi connectivity index (χ1) is 6.32. The number of rotatable bonds is 2. The summed E-state index contributed by atoms with van der Waals surface area (Å²) in [6.07, 6.45) is 4.14. The van der Waals surface area contributed by atoms with Crippen molar-refractivity contribution in [1.29, 1.82) is 0 Å². The van der Waals surface area contributed by atoms with E-state index in [0.717, 1.165) is 19.3 Å². The van der Waals surface area contributed by atoms with Crippen molar-refractivity contribution in [2.75, 3.05) is 0 Å². The van der Waals surface area contributed by atoms with Crippen LogP contribution in [-0.4, -0.2) is 5.78 Å². The van der Waals surface area contributed by atoms with Gasteiger partial charge in [0, 0.05) is 11.8 Å². The Bertz CT molecular complexity index is 229. The maximum Gasteiger partial charge on any atom is 0.139 e. The molecule has 0 amide bonds. The average molecular weight is 196 g/mol. The zero-order chi connectivity index (χ0) is 11.0. The molecule has 1 saturated carbocycles. The summed E-state index contributed by atoms with van der Waals surface area (Å²) in [5, 5.41) is 0. The van der Waals surface area contributed by atoms with Crippen molar-refractivity contribution >= 4 is 5.78 Å². The van der Waals surface area contributed by atoms with Crippen LogP contribution in [0.2, 0.25) is 0 Å². The summed E-state index contributed by atoms with van der Waals surface area (Å²) in [6.45, 7) is 11.0. The zero-order valence-corrected chi connectivity index (χ0v) is 10.3. The van der Waals surface area contributed by atoms with E-state index in [2.05, 4.69) is 34.6 Å². The standard InChI is InChI=1S/C13H24O/c1-6-7-13(5)10(2)8-12(3,4)9-11(13)14/h10H,6-9H2,1-5H3. The van der Waals surface area contributed by atoms with Gasteiger partial charge in [-0.05, 0) is 24.2 Å². The molecular formula is C13H24O. The van der Waals surface area contributed by atoms with Gasteiger partial charge < -0.3 is 0 Å². The van der Waals surface area contributed by atoms with Crippen molar-refractivity contribution < 1.29 is 4.79 Å². The van der Waals surface area contributed by atoms with Crippen LogP contribution in [0.5, 0.6) is 0 Å². The number of ketones is 1. The topological polar surface area (TPSA) is 17.1 Å². The SMILES string of the molecule is CCCC1(C)C(=O)CC(C)(C)CC1C. The maximum absolute atomic E-state index is 12.1. The van der Waals surface area contributed by atoms with Crippen molar-refractivity contribution in [3.05, 3.63) is 0 Å². The van der Waals surface area contributed by atoms with E-state index in [0.29, 0.717) is 11.7 Å². The first kappa shape index (κ1) is 11.7. The minimum absolute atomic E-state index is 0.0374. The van der Waals surface area contributed by atoms with E-state index in [1.54, 1.807) is 0 Å². The molecule has 0 bridgehead atoms. The van der Waals surface area contributed by atoms with Gasteiger partial charge in [-0.15, -0.1) is 0 Å². The molecule has 2 unspecified atom stereocenters. The zero-order valence-electron chi connectivity index (χ0n) is 10.3. The van der Waals surface area contributed by atoms with Crippen molar-refractivity contribution in [1.82, 2.24) is 0 Å². The number of hydrogen-bond donors (Lipinski definition) is 0. The second-order valence-corrected chi connectivity index (χ2v) is 6.04. The molecule has 1 aliphatic carbocycles. The van der Waals surface area contributed by atoms with Crippen molar-refractivity contribution in [3.63, 3.8) is 0 Å². The molecule has 0 heterocycles. The highest BCUT2D eigenvalue weighted by Crippen LogP contribution is 2.48. The third-order valence-electron chi connectivity index (χ3n) is 3.99. The van der Waals surface area contributed by atoms with Crippen LogP contribution in [0.25, 0.3) is 0 Å². The summed E-state index contributed by atoms with van der Waals surface area (Å²) < 4.78 is 0. The third-order valence-corrected chi connectivity index (χ3v) is 3.99. The summed E-state index contributed by atoms with van der Waals surface area (Å²) in [7, 11) is 0. The summed E-state index contributed by atoms with van der Waals surface area (Å²) in [5.74, 6) is 1.03. The van der Waals surface area contributed by atoms with E-state index < -0.39 is 0 Å². The lowest BCUT2D eigenvalue weighted by molar-refractivity contribution is -0.138. The quantitative estimate of drug-likeness (QED) is 0.656. The highest BCUT2D eigenvalue weighted by atomic mass is 16.1. The monoisotopic (exact) mass is 196 g/mol. The minimum Gasteiger partial charge on any atom is -0.299 e. The van der Waals surface area contributed by atoms with Crippen molar-refractivity contribution in [3.8, 4) is 0 Å². The third kappa shape index (κ3) is 2.02. The van der Waals surface area contributed by atoms with Gasteiger partial charge in [0.2, 0.25) is 0 Å². The second-order valence-electron chi connectivity index (χ2n) is 6.04. The molecule has 0 aromatic carbocycles. The highest BCUT2D eigenvalue weighted by Gasteiger charge is 2.45. The van der Waals surface area contributed by atoms with Gasteiger partial charge in [0.25, 0.3) is 0 Å². The normalized spacial score (nSPS) is 37.2. The first-order valence-electron chi connectivity index (χ1n) is 5.85. The Labute approximate surface area is 88.3 Å². The number of carbonyl (C=O) groups excluding carboxylic acids is 1. The molecule has 14 heavy (non-hydrogen) atoms. The highest BCUT2D eigenvalue weighted by molar-refractivity contribution is 5.86. The number of Topliss-reactive ketones (excluding diaryl/α,β-unsaturated/α-hetero) is 1. The number of carbonyl (C=O) groups is 1. The van der Waals surface area contributed by atoms with Crippen molar-refractivity contribution in [2.45, 2.75) is 60.3 Å². The van der Waals surface area contributed by atoms with Crippen LogP contribution in [0.1, 0.15) is 60.3 Å². The van der Waals surface area contributed by atoms with Crippen LogP contribution >= 0.6 is 0 Å². The summed E-state index contributed by atoms with van der Waals surface area (Å²) in [5.41, 5.74) is 0.189. The molecule has 0 aromatic heterocycles. The van der Waals surface area contributed by atoms with Crippen LogP contribution in [0.3, 0.4) is 0 Å². The van der Waals surface area contributed by atoms with Crippen LogP contribution < -0.4 is 0 Å². The molecule has 0 aromatic rings. The lowest BCUT2D eigenvalue weighted by atomic mass is 9.58. The van der Waals surface area contributed by atoms with E-state index in [1.165, 1.54) is 6.42 Å². The van der Waals surface area contributed by atoms with E-state index in [1.807, 2.05) is 0 Å². The maximum atomic E-state index is 12.1. The van der Waals surface area contributed by atoms with Gasteiger partial charge in [-0.1, -0.05) is 41.0 Å². The van der Waals surface area contributed by atoms with Gasteiger partial charge in [-0.25, -0.2) is 0 Å². The van der Waals surface area contributed by atoms with E-state index in [4.69, 9.17) is 0 Å². The van der Waals surface area contributed by atoms with Gasteiger partial charge in [0.05, 0.1) is 0 Å². The molecule has 0 saturated heterocycles. The molecule has 0 N–H and O–H groups in total. The molecule has 2 atom stereocenters. The molecule has 1 nitrogen and oxygen atoms in total. The Balaban J connectivity index is 2.85. The van der Waals surface area contributed by atoms with Crippen LogP contribution in [0, 0.1) is 16.7 Å². The molecule has 1 aliphatic rings. The lowest BCUT2D eigenvalue weighted by Crippen LogP contribution is -2.44. The fraction of sp³-hybridized carbons (Fsp3) is 0.923. The molecular weight excluding hydrogens is 172 g/mol. The summed E-state index contributed by atoms with van der Waals surface area (Å²) in [6, 6.07) is 0. The van der Waals surface area contributed by atoms with Crippen LogP contribution in [0.15, 0.2) is 0 Å². The van der Waals surface area contributed by atoms with Gasteiger partial charge in [-0.3, -0.25) is 4.79 Å². The van der Waals surface area contributed by atoms with E-state index in [-0.39, 0.29) is 10.8 Å². The minimum atomic E-state index is -0.0374. The Morgan fingerprint density at radius 2 is 1.93 bits per heavy atom. The molecule has 1 rings (SSSR count). The van der Waals surface area contributed by atoms with Gasteiger partial charge in [-0.2, -0.15) is 0 Å². The van der Waals surface area contributed by atoms with E-state index >= 15 is 0 Å². The Hall–Kier alpha value is -0.330. The Morgan fingerprint density at radius 1 is 1.36 bits per heavy atom. The second kappa shape index (κ2) is 3.67. The lowest BCUT2D eigenvalue weighted by Gasteiger charge is -2.45. The fourth-order valence-electron chi connectivity index (χ4n) is 2.94. The smallest absolute Gasteiger partial charge is 0.139 e. The largest absolute Gasteiger partial charge is 0.299 e. The van der Waals surface area contributed by atoms with Gasteiger partial charge in [0.15, 0.2) is 0 Å². The molecule has 0 spiro atoms. The predicted octanol–water partition coefficient (Wildman–Crippen LogP) is 3.82. The van der Waals surface area contributed by atoms with Crippen LogP contribution in [-0.2, 0) is 4.79 Å². The van der Waals surface area contributed by atoms with Crippen LogP contribution in [0.4, 0.5) is 0 Å².